The van der Waals surface area contributed by atoms with E-state index in [4.69, 9.17) is 15.7 Å². The first-order valence-corrected chi connectivity index (χ1v) is 11.0. The standard InChI is InChI=1S/C15H20N6O9S2/c1-6(22)17-4-8-10(12(24)21(8)32(27,28)29)19-11(23)9(7-5-31-14(16)18-7)20-30-15(2,3)13(25)26/h5,8,10H,4H2,1-3H3,(H2,16,18)(H,17,22)(H,19,23)(H,25,26)(H,27,28,29)/b20-9+/t8-,10+/m0/s1. The van der Waals surface area contributed by atoms with Gasteiger partial charge in [-0.3, -0.25) is 18.9 Å². The number of aromatic nitrogens is 1. The molecule has 0 spiro atoms. The molecule has 1 aliphatic rings. The highest BCUT2D eigenvalue weighted by atomic mass is 32.2. The lowest BCUT2D eigenvalue weighted by Gasteiger charge is -2.44. The van der Waals surface area contributed by atoms with E-state index in [0.29, 0.717) is 0 Å². The lowest BCUT2D eigenvalue weighted by Crippen LogP contribution is -2.74. The number of carboxylic acids is 1. The van der Waals surface area contributed by atoms with E-state index in [2.05, 4.69) is 20.8 Å². The number of anilines is 1. The van der Waals surface area contributed by atoms with Crippen molar-refractivity contribution in [3.05, 3.63) is 11.1 Å². The van der Waals surface area contributed by atoms with Gasteiger partial charge in [0.25, 0.3) is 11.8 Å². The van der Waals surface area contributed by atoms with Crippen molar-refractivity contribution in [2.75, 3.05) is 12.3 Å². The van der Waals surface area contributed by atoms with Crippen LogP contribution >= 0.6 is 11.3 Å². The lowest BCUT2D eigenvalue weighted by atomic mass is 9.98. The molecule has 3 amide bonds. The maximum atomic E-state index is 12.8. The van der Waals surface area contributed by atoms with Crippen LogP contribution in [0.2, 0.25) is 0 Å². The summed E-state index contributed by atoms with van der Waals surface area (Å²) < 4.78 is 32.3. The molecule has 1 aromatic rings. The summed E-state index contributed by atoms with van der Waals surface area (Å²) in [6.07, 6.45) is 0. The Bertz CT molecular complexity index is 1080. The van der Waals surface area contributed by atoms with Crippen molar-refractivity contribution in [3.8, 4) is 0 Å². The number of rotatable bonds is 9. The van der Waals surface area contributed by atoms with Crippen LogP contribution in [-0.2, 0) is 34.3 Å². The Kier molecular flexibility index (Phi) is 7.06. The molecule has 6 N–H and O–H groups in total. The van der Waals surface area contributed by atoms with Crippen LogP contribution in [0.25, 0.3) is 0 Å². The number of aliphatic carboxylic acids is 1. The number of oxime groups is 1. The highest BCUT2D eigenvalue weighted by molar-refractivity contribution is 7.84. The van der Waals surface area contributed by atoms with Gasteiger partial charge >= 0.3 is 16.3 Å². The van der Waals surface area contributed by atoms with Gasteiger partial charge in [-0.15, -0.1) is 11.3 Å². The van der Waals surface area contributed by atoms with Crippen molar-refractivity contribution in [3.63, 3.8) is 0 Å². The van der Waals surface area contributed by atoms with Gasteiger partial charge in [-0.1, -0.05) is 5.16 Å². The highest BCUT2D eigenvalue weighted by Gasteiger charge is 2.54. The minimum absolute atomic E-state index is 0.0544. The third-order valence-electron chi connectivity index (χ3n) is 4.12. The van der Waals surface area contributed by atoms with Crippen molar-refractivity contribution in [2.45, 2.75) is 38.5 Å². The zero-order valence-electron chi connectivity index (χ0n) is 16.9. The second kappa shape index (κ2) is 9.05. The number of hydrogen-bond donors (Lipinski definition) is 5. The average molecular weight is 492 g/mol. The molecule has 2 atom stereocenters. The summed E-state index contributed by atoms with van der Waals surface area (Å²) >= 11 is 0.944. The van der Waals surface area contributed by atoms with E-state index in [1.165, 1.54) is 19.2 Å². The first-order valence-electron chi connectivity index (χ1n) is 8.72. The first-order chi connectivity index (χ1) is 14.6. The van der Waals surface area contributed by atoms with Gasteiger partial charge in [-0.05, 0) is 13.8 Å². The van der Waals surface area contributed by atoms with Gasteiger partial charge in [0, 0.05) is 18.8 Å². The number of nitrogen functional groups attached to an aromatic ring is 1. The van der Waals surface area contributed by atoms with E-state index < -0.39 is 63.9 Å². The molecule has 2 rings (SSSR count). The van der Waals surface area contributed by atoms with E-state index in [1.807, 2.05) is 0 Å². The van der Waals surface area contributed by atoms with Crippen molar-refractivity contribution in [1.82, 2.24) is 19.9 Å². The first kappa shape index (κ1) is 25.0. The highest BCUT2D eigenvalue weighted by Crippen LogP contribution is 2.24. The predicted molar refractivity (Wildman–Crippen MR) is 109 cm³/mol. The zero-order chi connectivity index (χ0) is 24.4. The number of nitrogens with one attached hydrogen (secondary N) is 2. The number of thiazole rings is 1. The van der Waals surface area contributed by atoms with E-state index in [9.17, 15) is 32.1 Å². The summed E-state index contributed by atoms with van der Waals surface area (Å²) in [6.45, 7) is 3.09. The Morgan fingerprint density at radius 3 is 2.50 bits per heavy atom. The molecule has 1 aromatic heterocycles. The fourth-order valence-corrected chi connectivity index (χ4v) is 3.85. The number of nitrogens with zero attached hydrogens (tertiary/aromatic N) is 3. The van der Waals surface area contributed by atoms with Crippen molar-refractivity contribution in [2.24, 2.45) is 5.16 Å². The monoisotopic (exact) mass is 492 g/mol. The minimum atomic E-state index is -4.96. The Morgan fingerprint density at radius 1 is 1.41 bits per heavy atom. The normalized spacial score (nSPS) is 19.2. The second-order valence-corrected chi connectivity index (χ2v) is 9.16. The molecule has 0 aliphatic carbocycles. The van der Waals surface area contributed by atoms with Gasteiger partial charge in [0.2, 0.25) is 11.5 Å². The summed E-state index contributed by atoms with van der Waals surface area (Å²) in [5.41, 5.74) is 3.10. The number of carboxylic acid groups (broad SMARTS) is 1. The third-order valence-corrected chi connectivity index (χ3v) is 5.75. The molecule has 17 heteroatoms. The smallest absolute Gasteiger partial charge is 0.362 e. The SMILES string of the molecule is CC(=O)NC[C@H]1[C@@H](NC(=O)/C(=N/OC(C)(C)C(=O)O)c2csc(N)n2)C(=O)N1S(=O)(=O)O. The van der Waals surface area contributed by atoms with E-state index in [-0.39, 0.29) is 15.1 Å². The number of nitrogens with two attached hydrogens (primary N) is 1. The van der Waals surface area contributed by atoms with Gasteiger partial charge in [-0.25, -0.2) is 14.1 Å². The average Bonchev–Trinajstić information content (AvgIpc) is 3.07. The van der Waals surface area contributed by atoms with Crippen LogP contribution < -0.4 is 16.4 Å². The molecule has 0 radical (unpaired) electrons. The van der Waals surface area contributed by atoms with Gasteiger partial charge in [0.1, 0.15) is 11.7 Å². The van der Waals surface area contributed by atoms with Gasteiger partial charge < -0.3 is 26.3 Å². The van der Waals surface area contributed by atoms with Crippen LogP contribution in [0.3, 0.4) is 0 Å². The van der Waals surface area contributed by atoms with Gasteiger partial charge in [0.05, 0.1) is 6.04 Å². The summed E-state index contributed by atoms with van der Waals surface area (Å²) in [7, 11) is -4.96. The van der Waals surface area contributed by atoms with Crippen LogP contribution in [0.5, 0.6) is 0 Å². The fourth-order valence-electron chi connectivity index (χ4n) is 2.42. The molecule has 0 unspecified atom stereocenters. The van der Waals surface area contributed by atoms with Gasteiger partial charge in [0.15, 0.2) is 10.8 Å². The van der Waals surface area contributed by atoms with Crippen molar-refractivity contribution < 1.29 is 42.1 Å². The van der Waals surface area contributed by atoms with E-state index in [1.54, 1.807) is 0 Å². The zero-order valence-corrected chi connectivity index (χ0v) is 18.6. The van der Waals surface area contributed by atoms with Crippen LogP contribution in [-0.4, -0.2) is 81.0 Å². The second-order valence-electron chi connectivity index (χ2n) is 6.99. The molecule has 32 heavy (non-hydrogen) atoms. The Balaban J connectivity index is 2.32. The molecular formula is C15H20N6O9S2. The van der Waals surface area contributed by atoms with Crippen molar-refractivity contribution in [1.29, 1.82) is 0 Å². The Labute approximate surface area is 185 Å². The van der Waals surface area contributed by atoms with Crippen LogP contribution in [0.4, 0.5) is 5.13 Å². The molecule has 176 valence electrons. The maximum Gasteiger partial charge on any atom is 0.362 e. The topological polar surface area (TPSA) is 231 Å². The molecular weight excluding hydrogens is 472 g/mol. The molecule has 0 bridgehead atoms. The molecule has 1 fully saturated rings. The number of carbonyl (C=O) groups excluding carboxylic acids is 3. The Hall–Kier alpha value is -3.31. The third kappa shape index (κ3) is 5.48. The lowest BCUT2D eigenvalue weighted by molar-refractivity contribution is -0.161. The summed E-state index contributed by atoms with van der Waals surface area (Å²) in [5, 5.41) is 18.6. The molecule has 0 saturated carbocycles. The molecule has 1 aliphatic heterocycles. The molecule has 1 saturated heterocycles. The number of β-lactam (4-membered cyclic amide) rings is 1. The van der Waals surface area contributed by atoms with Crippen molar-refractivity contribution >= 4 is 56.2 Å². The molecule has 15 nitrogen and oxygen atoms in total. The summed E-state index contributed by atoms with van der Waals surface area (Å²) in [5.74, 6) is -4.17. The van der Waals surface area contributed by atoms with Crippen LogP contribution in [0.1, 0.15) is 26.5 Å². The number of carbonyl (C=O) groups is 4. The van der Waals surface area contributed by atoms with Crippen LogP contribution in [0, 0.1) is 0 Å². The predicted octanol–water partition coefficient (Wildman–Crippen LogP) is -2.06. The van der Waals surface area contributed by atoms with E-state index >= 15 is 0 Å². The summed E-state index contributed by atoms with van der Waals surface area (Å²) in [4.78, 5) is 56.3. The summed E-state index contributed by atoms with van der Waals surface area (Å²) in [6, 6.07) is -2.80. The largest absolute Gasteiger partial charge is 0.478 e. The maximum absolute atomic E-state index is 12.8. The quantitative estimate of drug-likeness (QED) is 0.109. The minimum Gasteiger partial charge on any atom is -0.478 e. The molecule has 2 heterocycles. The van der Waals surface area contributed by atoms with Gasteiger partial charge in [-0.2, -0.15) is 8.42 Å². The van der Waals surface area contributed by atoms with E-state index in [0.717, 1.165) is 18.3 Å². The van der Waals surface area contributed by atoms with Crippen LogP contribution in [0.15, 0.2) is 10.5 Å². The fraction of sp³-hybridized carbons (Fsp3) is 0.467. The number of hydrogen-bond acceptors (Lipinski definition) is 11. The molecule has 0 aromatic carbocycles. The number of amides is 3. The Morgan fingerprint density at radius 2 is 2.03 bits per heavy atom.